The van der Waals surface area contributed by atoms with Crippen LogP contribution in [-0.2, 0) is 14.4 Å². The van der Waals surface area contributed by atoms with E-state index in [1.807, 2.05) is 12.3 Å². The van der Waals surface area contributed by atoms with Crippen LogP contribution < -0.4 is 16.4 Å². The summed E-state index contributed by atoms with van der Waals surface area (Å²) in [6, 6.07) is 2.06. The second-order valence-corrected chi connectivity index (χ2v) is 7.20. The van der Waals surface area contributed by atoms with Crippen molar-refractivity contribution in [2.45, 2.75) is 44.4 Å². The first kappa shape index (κ1) is 22.1. The molecular weight excluding hydrogens is 356 g/mol. The molecule has 3 unspecified atom stereocenters. The SMILES string of the molecule is CCCCC(N)C(O)C(=O)NCC(=O)NC(C(=O)N(C)C)c1cccs1. The number of carbonyl (C=O) groups is 3. The molecule has 5 N–H and O–H groups in total. The summed E-state index contributed by atoms with van der Waals surface area (Å²) in [6.07, 6.45) is 0.871. The molecule has 0 saturated heterocycles. The zero-order valence-corrected chi connectivity index (χ0v) is 16.2. The molecule has 26 heavy (non-hydrogen) atoms. The van der Waals surface area contributed by atoms with Crippen LogP contribution in [0.3, 0.4) is 0 Å². The normalized spacial score (nSPS) is 14.2. The van der Waals surface area contributed by atoms with Crippen LogP contribution in [0.15, 0.2) is 17.5 Å². The van der Waals surface area contributed by atoms with Crippen molar-refractivity contribution < 1.29 is 19.5 Å². The van der Waals surface area contributed by atoms with Crippen molar-refractivity contribution in [1.29, 1.82) is 0 Å². The summed E-state index contributed by atoms with van der Waals surface area (Å²) in [7, 11) is 3.20. The van der Waals surface area contributed by atoms with E-state index in [0.29, 0.717) is 11.3 Å². The summed E-state index contributed by atoms with van der Waals surface area (Å²) in [5.74, 6) is -1.50. The first-order valence-electron chi connectivity index (χ1n) is 8.53. The van der Waals surface area contributed by atoms with Gasteiger partial charge >= 0.3 is 0 Å². The Balaban J connectivity index is 2.58. The van der Waals surface area contributed by atoms with Gasteiger partial charge in [-0.2, -0.15) is 0 Å². The Morgan fingerprint density at radius 1 is 1.35 bits per heavy atom. The maximum absolute atomic E-state index is 12.3. The van der Waals surface area contributed by atoms with E-state index in [1.54, 1.807) is 26.2 Å². The summed E-state index contributed by atoms with van der Waals surface area (Å²) in [6.45, 7) is 1.64. The van der Waals surface area contributed by atoms with Crippen LogP contribution in [0.4, 0.5) is 0 Å². The quantitative estimate of drug-likeness (QED) is 0.451. The number of hydrogen-bond donors (Lipinski definition) is 4. The van der Waals surface area contributed by atoms with Crippen molar-refractivity contribution >= 4 is 29.1 Å². The van der Waals surface area contributed by atoms with E-state index in [2.05, 4.69) is 10.6 Å². The average Bonchev–Trinajstić information content (AvgIpc) is 3.15. The topological polar surface area (TPSA) is 125 Å². The molecule has 0 spiro atoms. The summed E-state index contributed by atoms with van der Waals surface area (Å²) in [5, 5.41) is 16.7. The third-order valence-corrected chi connectivity index (χ3v) is 4.75. The highest BCUT2D eigenvalue weighted by Gasteiger charge is 2.26. The molecule has 1 aromatic heterocycles. The molecule has 0 aliphatic rings. The number of aliphatic hydroxyl groups is 1. The molecule has 0 bridgehead atoms. The molecule has 9 heteroatoms. The van der Waals surface area contributed by atoms with E-state index < -0.39 is 30.0 Å². The number of nitrogens with two attached hydrogens (primary N) is 1. The lowest BCUT2D eigenvalue weighted by Crippen LogP contribution is -2.49. The molecular formula is C17H28N4O4S. The Kier molecular flexibility index (Phi) is 9.25. The molecule has 0 radical (unpaired) electrons. The lowest BCUT2D eigenvalue weighted by atomic mass is 10.0. The van der Waals surface area contributed by atoms with Crippen LogP contribution in [0.25, 0.3) is 0 Å². The van der Waals surface area contributed by atoms with Gasteiger partial charge in [-0.05, 0) is 17.9 Å². The molecule has 1 aromatic rings. The predicted molar refractivity (Wildman–Crippen MR) is 100 cm³/mol. The molecule has 0 aliphatic heterocycles. The zero-order valence-electron chi connectivity index (χ0n) is 15.4. The number of carbonyl (C=O) groups excluding carboxylic acids is 3. The van der Waals surface area contributed by atoms with Gasteiger partial charge in [0.15, 0.2) is 0 Å². The molecule has 0 aromatic carbocycles. The molecule has 1 heterocycles. The van der Waals surface area contributed by atoms with Gasteiger partial charge in [-0.1, -0.05) is 25.8 Å². The van der Waals surface area contributed by atoms with Gasteiger partial charge in [0.2, 0.25) is 11.8 Å². The molecule has 8 nitrogen and oxygen atoms in total. The van der Waals surface area contributed by atoms with Crippen molar-refractivity contribution in [1.82, 2.24) is 15.5 Å². The van der Waals surface area contributed by atoms with Gasteiger partial charge in [0.05, 0.1) is 6.54 Å². The Morgan fingerprint density at radius 3 is 2.58 bits per heavy atom. The van der Waals surface area contributed by atoms with Gasteiger partial charge in [0.1, 0.15) is 12.1 Å². The Bertz CT molecular complexity index is 592. The second-order valence-electron chi connectivity index (χ2n) is 6.22. The molecule has 0 fully saturated rings. The fourth-order valence-electron chi connectivity index (χ4n) is 2.24. The van der Waals surface area contributed by atoms with Crippen LogP contribution in [0, 0.1) is 0 Å². The zero-order chi connectivity index (χ0) is 19.7. The largest absolute Gasteiger partial charge is 0.382 e. The Morgan fingerprint density at radius 2 is 2.04 bits per heavy atom. The number of thiophene rings is 1. The Labute approximate surface area is 157 Å². The van der Waals surface area contributed by atoms with Crippen LogP contribution in [0.2, 0.25) is 0 Å². The molecule has 0 saturated carbocycles. The minimum absolute atomic E-state index is 0.270. The number of nitrogens with zero attached hydrogens (tertiary/aromatic N) is 1. The second kappa shape index (κ2) is 10.9. The van der Waals surface area contributed by atoms with Crippen molar-refractivity contribution in [3.05, 3.63) is 22.4 Å². The van der Waals surface area contributed by atoms with Crippen molar-refractivity contribution in [3.63, 3.8) is 0 Å². The minimum Gasteiger partial charge on any atom is -0.382 e. The molecule has 0 aliphatic carbocycles. The fourth-order valence-corrected chi connectivity index (χ4v) is 3.01. The summed E-state index contributed by atoms with van der Waals surface area (Å²) >= 11 is 1.35. The van der Waals surface area contributed by atoms with E-state index in [9.17, 15) is 19.5 Å². The van der Waals surface area contributed by atoms with Crippen LogP contribution >= 0.6 is 11.3 Å². The molecule has 3 amide bonds. The first-order chi connectivity index (χ1) is 12.3. The maximum atomic E-state index is 12.3. The van der Waals surface area contributed by atoms with E-state index >= 15 is 0 Å². The van der Waals surface area contributed by atoms with Crippen LogP contribution in [0.5, 0.6) is 0 Å². The Hall–Kier alpha value is -1.97. The van der Waals surface area contributed by atoms with Gasteiger partial charge in [-0.15, -0.1) is 11.3 Å². The van der Waals surface area contributed by atoms with Gasteiger partial charge in [-0.25, -0.2) is 0 Å². The van der Waals surface area contributed by atoms with Gasteiger partial charge < -0.3 is 26.4 Å². The number of likely N-dealkylation sites (N-methyl/N-ethyl adjacent to an activating group) is 1. The van der Waals surface area contributed by atoms with E-state index in [4.69, 9.17) is 5.73 Å². The smallest absolute Gasteiger partial charge is 0.250 e. The first-order valence-corrected chi connectivity index (χ1v) is 9.41. The number of unbranched alkanes of at least 4 members (excludes halogenated alkanes) is 1. The van der Waals surface area contributed by atoms with Crippen molar-refractivity contribution in [2.24, 2.45) is 5.73 Å². The third-order valence-electron chi connectivity index (χ3n) is 3.81. The van der Waals surface area contributed by atoms with Crippen LogP contribution in [0.1, 0.15) is 37.1 Å². The predicted octanol–water partition coefficient (Wildman–Crippen LogP) is -0.0118. The highest BCUT2D eigenvalue weighted by atomic mass is 32.1. The third kappa shape index (κ3) is 6.74. The highest BCUT2D eigenvalue weighted by Crippen LogP contribution is 2.20. The summed E-state index contributed by atoms with van der Waals surface area (Å²) in [5.41, 5.74) is 5.77. The summed E-state index contributed by atoms with van der Waals surface area (Å²) in [4.78, 5) is 38.4. The van der Waals surface area contributed by atoms with Gasteiger partial charge in [0, 0.05) is 25.0 Å². The molecule has 1 rings (SSSR count). The van der Waals surface area contributed by atoms with Gasteiger partial charge in [-0.3, -0.25) is 14.4 Å². The van der Waals surface area contributed by atoms with E-state index in [-0.39, 0.29) is 12.5 Å². The standard InChI is InChI=1S/C17H28N4O4S/c1-4-5-7-11(18)15(23)16(24)19-10-13(22)20-14(17(25)21(2)3)12-8-6-9-26-12/h6,8-9,11,14-15,23H,4-5,7,10,18H2,1-3H3,(H,19,24)(H,20,22). The maximum Gasteiger partial charge on any atom is 0.250 e. The highest BCUT2D eigenvalue weighted by molar-refractivity contribution is 7.10. The van der Waals surface area contributed by atoms with Crippen molar-refractivity contribution in [3.8, 4) is 0 Å². The molecule has 146 valence electrons. The number of amides is 3. The van der Waals surface area contributed by atoms with E-state index in [1.165, 1.54) is 16.2 Å². The van der Waals surface area contributed by atoms with Gasteiger partial charge in [0.25, 0.3) is 5.91 Å². The number of rotatable bonds is 10. The average molecular weight is 385 g/mol. The van der Waals surface area contributed by atoms with Crippen LogP contribution in [-0.4, -0.2) is 60.5 Å². The lowest BCUT2D eigenvalue weighted by Gasteiger charge is -2.21. The number of nitrogens with one attached hydrogen (secondary N) is 2. The lowest BCUT2D eigenvalue weighted by molar-refractivity contribution is -0.135. The summed E-state index contributed by atoms with van der Waals surface area (Å²) < 4.78 is 0. The fraction of sp³-hybridized carbons (Fsp3) is 0.588. The number of hydrogen-bond acceptors (Lipinski definition) is 6. The van der Waals surface area contributed by atoms with Crippen molar-refractivity contribution in [2.75, 3.05) is 20.6 Å². The molecule has 3 atom stereocenters. The minimum atomic E-state index is -1.37. The monoisotopic (exact) mass is 384 g/mol. The number of aliphatic hydroxyl groups excluding tert-OH is 1. The van der Waals surface area contributed by atoms with E-state index in [0.717, 1.165) is 12.8 Å².